The molecule has 2 aliphatic rings. The van der Waals surface area contributed by atoms with Crippen LogP contribution in [0.2, 0.25) is 0 Å². The molecule has 0 aromatic carbocycles. The van der Waals surface area contributed by atoms with Gasteiger partial charge in [-0.05, 0) is 25.1 Å². The van der Waals surface area contributed by atoms with Crippen molar-refractivity contribution in [2.24, 2.45) is 0 Å². The zero-order valence-electron chi connectivity index (χ0n) is 14.8. The fraction of sp³-hybridized carbons (Fsp3) is 0.333. The molecule has 1 amide bonds. The number of fused-ring (bicyclic) bond motifs is 1. The molecular weight excluding hydrogens is 400 g/mol. The maximum Gasteiger partial charge on any atom is 0.267 e. The summed E-state index contributed by atoms with van der Waals surface area (Å²) in [6.07, 6.45) is 3.37. The lowest BCUT2D eigenvalue weighted by Crippen LogP contribution is -2.35. The molecule has 0 bridgehead atoms. The Morgan fingerprint density at radius 2 is 2.04 bits per heavy atom. The molecular formula is C18H18N4O2S3. The molecule has 6 nitrogen and oxygen atoms in total. The molecule has 2 aromatic rings. The maximum atomic E-state index is 13.2. The normalized spacial score (nSPS) is 19.5. The van der Waals surface area contributed by atoms with Gasteiger partial charge in [0.2, 0.25) is 0 Å². The van der Waals surface area contributed by atoms with E-state index in [1.165, 1.54) is 16.2 Å². The van der Waals surface area contributed by atoms with Crippen molar-refractivity contribution in [3.05, 3.63) is 45.2 Å². The second-order valence-electron chi connectivity index (χ2n) is 6.11. The van der Waals surface area contributed by atoms with Crippen LogP contribution in [0.5, 0.6) is 0 Å². The van der Waals surface area contributed by atoms with Gasteiger partial charge in [-0.2, -0.15) is 11.8 Å². The molecule has 140 valence electrons. The molecule has 9 heteroatoms. The van der Waals surface area contributed by atoms with Crippen molar-refractivity contribution in [3.63, 3.8) is 0 Å². The van der Waals surface area contributed by atoms with E-state index in [1.807, 2.05) is 30.8 Å². The number of amides is 1. The van der Waals surface area contributed by atoms with E-state index >= 15 is 0 Å². The number of pyridine rings is 1. The first kappa shape index (κ1) is 18.5. The summed E-state index contributed by atoms with van der Waals surface area (Å²) in [6.45, 7) is 4.07. The largest absolute Gasteiger partial charge is 0.354 e. The Balaban J connectivity index is 1.89. The average molecular weight is 419 g/mol. The molecule has 27 heavy (non-hydrogen) atoms. The fourth-order valence-corrected chi connectivity index (χ4v) is 5.41. The Hall–Kier alpha value is -1.84. The van der Waals surface area contributed by atoms with Crippen molar-refractivity contribution >= 4 is 63.5 Å². The van der Waals surface area contributed by atoms with Crippen LogP contribution >= 0.6 is 35.7 Å². The van der Waals surface area contributed by atoms with Gasteiger partial charge in [-0.3, -0.25) is 18.9 Å². The summed E-state index contributed by atoms with van der Waals surface area (Å²) in [5, 5.41) is 0. The molecule has 0 radical (unpaired) electrons. The number of carbonyl (C=O) groups is 1. The van der Waals surface area contributed by atoms with E-state index in [1.54, 1.807) is 23.2 Å². The molecule has 2 aromatic heterocycles. The monoisotopic (exact) mass is 418 g/mol. The van der Waals surface area contributed by atoms with Crippen molar-refractivity contribution in [3.8, 4) is 0 Å². The van der Waals surface area contributed by atoms with Gasteiger partial charge < -0.3 is 4.90 Å². The third-order valence-corrected chi connectivity index (χ3v) is 6.85. The Morgan fingerprint density at radius 3 is 2.74 bits per heavy atom. The third-order valence-electron chi connectivity index (χ3n) is 4.52. The Kier molecular flexibility index (Phi) is 5.25. The zero-order chi connectivity index (χ0) is 19.0. The van der Waals surface area contributed by atoms with E-state index in [2.05, 4.69) is 4.90 Å². The van der Waals surface area contributed by atoms with E-state index in [9.17, 15) is 9.59 Å². The predicted octanol–water partition coefficient (Wildman–Crippen LogP) is 2.47. The lowest BCUT2D eigenvalue weighted by atomic mass is 10.2. The van der Waals surface area contributed by atoms with Gasteiger partial charge >= 0.3 is 0 Å². The molecule has 2 fully saturated rings. The van der Waals surface area contributed by atoms with Crippen molar-refractivity contribution < 1.29 is 4.79 Å². The van der Waals surface area contributed by atoms with Crippen LogP contribution in [-0.4, -0.2) is 55.7 Å². The SMILES string of the molecule is CCN1C(=O)/C(=C/c2c(N3CCSCC3)nc3ccccn3c2=O)SC1=S. The van der Waals surface area contributed by atoms with Crippen molar-refractivity contribution in [1.82, 2.24) is 14.3 Å². The fourth-order valence-electron chi connectivity index (χ4n) is 3.14. The number of nitrogens with zero attached hydrogens (tertiary/aromatic N) is 4. The van der Waals surface area contributed by atoms with Crippen molar-refractivity contribution in [2.45, 2.75) is 6.92 Å². The van der Waals surface area contributed by atoms with Crippen molar-refractivity contribution in [1.29, 1.82) is 0 Å². The summed E-state index contributed by atoms with van der Waals surface area (Å²) in [5.74, 6) is 2.49. The topological polar surface area (TPSA) is 57.9 Å². The summed E-state index contributed by atoms with van der Waals surface area (Å²) in [4.78, 5) is 34.7. The molecule has 4 rings (SSSR count). The number of hydrogen-bond donors (Lipinski definition) is 0. The van der Waals surface area contributed by atoms with E-state index in [0.717, 1.165) is 24.6 Å². The molecule has 0 aliphatic carbocycles. The van der Waals surface area contributed by atoms with Crippen LogP contribution in [0, 0.1) is 0 Å². The summed E-state index contributed by atoms with van der Waals surface area (Å²) in [7, 11) is 0. The van der Waals surface area contributed by atoms with Gasteiger partial charge in [0.25, 0.3) is 11.5 Å². The van der Waals surface area contributed by atoms with Gasteiger partial charge in [0.15, 0.2) is 0 Å². The molecule has 0 atom stereocenters. The number of thioether (sulfide) groups is 2. The standard InChI is InChI=1S/C18H18N4O2S3/c1-2-21-17(24)13(27-18(21)25)11-12-15(20-7-9-26-10-8-20)19-14-5-3-4-6-22(14)16(12)23/h3-6,11H,2,7-10H2,1H3/b13-11-. The quantitative estimate of drug-likeness (QED) is 0.561. The summed E-state index contributed by atoms with van der Waals surface area (Å²) in [5.41, 5.74) is 0.881. The molecule has 0 spiro atoms. The lowest BCUT2D eigenvalue weighted by Gasteiger charge is -2.28. The highest BCUT2D eigenvalue weighted by molar-refractivity contribution is 8.26. The first-order valence-electron chi connectivity index (χ1n) is 8.69. The van der Waals surface area contributed by atoms with Gasteiger partial charge in [0, 0.05) is 37.3 Å². The van der Waals surface area contributed by atoms with Gasteiger partial charge in [-0.15, -0.1) is 0 Å². The van der Waals surface area contributed by atoms with Crippen LogP contribution in [0.15, 0.2) is 34.1 Å². The molecule has 0 unspecified atom stereocenters. The lowest BCUT2D eigenvalue weighted by molar-refractivity contribution is -0.121. The minimum Gasteiger partial charge on any atom is -0.354 e. The van der Waals surface area contributed by atoms with E-state index in [0.29, 0.717) is 32.8 Å². The second-order valence-corrected chi connectivity index (χ2v) is 9.01. The van der Waals surface area contributed by atoms with Crippen LogP contribution < -0.4 is 10.5 Å². The van der Waals surface area contributed by atoms with E-state index in [-0.39, 0.29) is 11.5 Å². The Labute approximate surface area is 170 Å². The minimum absolute atomic E-state index is 0.148. The van der Waals surface area contributed by atoms with Crippen LogP contribution in [0.1, 0.15) is 12.5 Å². The minimum atomic E-state index is -0.171. The first-order chi connectivity index (χ1) is 13.1. The number of carbonyl (C=O) groups excluding carboxylic acids is 1. The molecule has 0 saturated carbocycles. The smallest absolute Gasteiger partial charge is 0.267 e. The van der Waals surface area contributed by atoms with Crippen LogP contribution in [0.3, 0.4) is 0 Å². The van der Waals surface area contributed by atoms with Gasteiger partial charge in [-0.1, -0.05) is 30.0 Å². The maximum absolute atomic E-state index is 13.2. The number of likely N-dealkylation sites (N-methyl/N-ethyl adjacent to an activating group) is 1. The summed E-state index contributed by atoms with van der Waals surface area (Å²) < 4.78 is 2.05. The molecule has 2 saturated heterocycles. The molecule has 2 aliphatic heterocycles. The highest BCUT2D eigenvalue weighted by Gasteiger charge is 2.31. The zero-order valence-corrected chi connectivity index (χ0v) is 17.2. The first-order valence-corrected chi connectivity index (χ1v) is 11.1. The Morgan fingerprint density at radius 1 is 1.26 bits per heavy atom. The number of aromatic nitrogens is 2. The van der Waals surface area contributed by atoms with Gasteiger partial charge in [-0.25, -0.2) is 4.98 Å². The highest BCUT2D eigenvalue weighted by Crippen LogP contribution is 2.33. The second kappa shape index (κ2) is 7.65. The van der Waals surface area contributed by atoms with Crippen LogP contribution in [0.4, 0.5) is 5.82 Å². The van der Waals surface area contributed by atoms with Crippen molar-refractivity contribution in [2.75, 3.05) is 36.0 Å². The predicted molar refractivity (Wildman–Crippen MR) is 117 cm³/mol. The summed E-state index contributed by atoms with van der Waals surface area (Å²) >= 11 is 8.43. The third kappa shape index (κ3) is 3.39. The molecule has 4 heterocycles. The number of rotatable bonds is 3. The Bertz CT molecular complexity index is 1010. The average Bonchev–Trinajstić information content (AvgIpc) is 2.97. The van der Waals surface area contributed by atoms with Gasteiger partial charge in [0.1, 0.15) is 15.8 Å². The molecule has 0 N–H and O–H groups in total. The van der Waals surface area contributed by atoms with E-state index in [4.69, 9.17) is 17.2 Å². The van der Waals surface area contributed by atoms with Crippen LogP contribution in [0.25, 0.3) is 11.7 Å². The van der Waals surface area contributed by atoms with E-state index < -0.39 is 0 Å². The number of thiocarbonyl (C=S) groups is 1. The highest BCUT2D eigenvalue weighted by atomic mass is 32.2. The number of hydrogen-bond acceptors (Lipinski definition) is 7. The summed E-state index contributed by atoms with van der Waals surface area (Å²) in [6, 6.07) is 5.49. The van der Waals surface area contributed by atoms with Crippen LogP contribution in [-0.2, 0) is 4.79 Å². The number of anilines is 1. The van der Waals surface area contributed by atoms with Gasteiger partial charge in [0.05, 0.1) is 10.5 Å².